The van der Waals surface area contributed by atoms with Crippen LogP contribution in [0.3, 0.4) is 0 Å². The van der Waals surface area contributed by atoms with E-state index in [-0.39, 0.29) is 5.91 Å². The second-order valence-corrected chi connectivity index (χ2v) is 7.86. The number of pyridine rings is 1. The maximum atomic E-state index is 12.8. The summed E-state index contributed by atoms with van der Waals surface area (Å²) in [5.74, 6) is 1.51. The Hall–Kier alpha value is -2.99. The molecule has 1 amide bonds. The first-order chi connectivity index (χ1) is 14.7. The Morgan fingerprint density at radius 3 is 2.83 bits per heavy atom. The number of aromatic nitrogens is 1. The Bertz CT molecular complexity index is 1040. The number of nitrogens with zero attached hydrogens (tertiary/aromatic N) is 1. The number of hydrogen-bond acceptors (Lipinski definition) is 5. The highest BCUT2D eigenvalue weighted by Crippen LogP contribution is 2.36. The fraction of sp³-hybridized carbons (Fsp3) is 0.250. The van der Waals surface area contributed by atoms with E-state index in [1.165, 1.54) is 0 Å². The number of unbranched alkanes of at least 4 members (excludes halogenated alkanes) is 1. The molecule has 3 aromatic rings. The molecule has 5 nitrogen and oxygen atoms in total. The van der Waals surface area contributed by atoms with Crippen LogP contribution in [0, 0.1) is 0 Å². The van der Waals surface area contributed by atoms with Crippen LogP contribution in [0.15, 0.2) is 66.2 Å². The Balaban J connectivity index is 2.09. The van der Waals surface area contributed by atoms with Gasteiger partial charge in [-0.3, -0.25) is 9.78 Å². The fourth-order valence-electron chi connectivity index (χ4n) is 3.08. The molecule has 0 fully saturated rings. The molecular formula is C24H27N3O2S. The fourth-order valence-corrected chi connectivity index (χ4v) is 4.19. The van der Waals surface area contributed by atoms with Crippen LogP contribution in [0.5, 0.6) is 5.75 Å². The topological polar surface area (TPSA) is 63.2 Å². The summed E-state index contributed by atoms with van der Waals surface area (Å²) in [5, 5.41) is 7.20. The predicted molar refractivity (Wildman–Crippen MR) is 126 cm³/mol. The highest BCUT2D eigenvalue weighted by Gasteiger charge is 2.18. The van der Waals surface area contributed by atoms with Gasteiger partial charge in [0.2, 0.25) is 0 Å². The average Bonchev–Trinajstić information content (AvgIpc) is 2.78. The summed E-state index contributed by atoms with van der Waals surface area (Å²) in [7, 11) is 1.62. The van der Waals surface area contributed by atoms with E-state index in [1.54, 1.807) is 19.4 Å². The van der Waals surface area contributed by atoms with Crippen LogP contribution < -0.4 is 15.4 Å². The summed E-state index contributed by atoms with van der Waals surface area (Å²) in [5.41, 5.74) is 2.86. The minimum Gasteiger partial charge on any atom is -0.494 e. The number of nitrogens with one attached hydrogen (secondary N) is 2. The van der Waals surface area contributed by atoms with Crippen molar-refractivity contribution in [3.05, 3.63) is 66.9 Å². The number of fused-ring (bicyclic) bond motifs is 1. The zero-order valence-electron chi connectivity index (χ0n) is 17.4. The third-order valence-corrected chi connectivity index (χ3v) is 5.79. The number of hydrogen-bond donors (Lipinski definition) is 2. The predicted octanol–water partition coefficient (Wildman–Crippen LogP) is 5.80. The van der Waals surface area contributed by atoms with Crippen molar-refractivity contribution < 1.29 is 9.53 Å². The first kappa shape index (κ1) is 21.7. The first-order valence-corrected chi connectivity index (χ1v) is 11.0. The lowest BCUT2D eigenvalue weighted by Gasteiger charge is -2.17. The Morgan fingerprint density at radius 2 is 2.07 bits per heavy atom. The van der Waals surface area contributed by atoms with Crippen LogP contribution in [0.4, 0.5) is 11.4 Å². The van der Waals surface area contributed by atoms with Crippen molar-refractivity contribution in [1.29, 1.82) is 0 Å². The molecule has 0 atom stereocenters. The third-order valence-electron chi connectivity index (χ3n) is 4.63. The van der Waals surface area contributed by atoms with Gasteiger partial charge in [-0.25, -0.2) is 0 Å². The number of rotatable bonds is 10. The highest BCUT2D eigenvalue weighted by atomic mass is 32.2. The Labute approximate surface area is 181 Å². The van der Waals surface area contributed by atoms with Gasteiger partial charge in [0, 0.05) is 23.0 Å². The van der Waals surface area contributed by atoms with Crippen molar-refractivity contribution >= 4 is 39.9 Å². The van der Waals surface area contributed by atoms with E-state index in [1.807, 2.05) is 48.2 Å². The van der Waals surface area contributed by atoms with Gasteiger partial charge in [0.05, 0.1) is 24.0 Å². The minimum absolute atomic E-state index is 0.203. The lowest BCUT2D eigenvalue weighted by Crippen LogP contribution is -2.24. The van der Waals surface area contributed by atoms with Crippen LogP contribution >= 0.6 is 11.8 Å². The summed E-state index contributed by atoms with van der Waals surface area (Å²) in [6.45, 7) is 6.25. The number of ether oxygens (including phenoxy) is 1. The number of carbonyl (C=O) groups excluding carboxylic acids is 1. The highest BCUT2D eigenvalue weighted by molar-refractivity contribution is 7.99. The molecule has 3 rings (SSSR count). The number of anilines is 2. The van der Waals surface area contributed by atoms with Crippen LogP contribution in [0.1, 0.15) is 30.1 Å². The molecule has 0 aliphatic carbocycles. The van der Waals surface area contributed by atoms with E-state index in [4.69, 9.17) is 4.74 Å². The molecule has 2 aromatic carbocycles. The lowest BCUT2D eigenvalue weighted by atomic mass is 10.1. The zero-order valence-corrected chi connectivity index (χ0v) is 18.2. The molecule has 0 spiro atoms. The molecule has 0 saturated carbocycles. The van der Waals surface area contributed by atoms with Crippen LogP contribution in [-0.4, -0.2) is 30.3 Å². The van der Waals surface area contributed by atoms with Gasteiger partial charge in [-0.05, 0) is 30.4 Å². The molecule has 2 N–H and O–H groups in total. The van der Waals surface area contributed by atoms with E-state index >= 15 is 0 Å². The van der Waals surface area contributed by atoms with Gasteiger partial charge >= 0.3 is 0 Å². The smallest absolute Gasteiger partial charge is 0.255 e. The van der Waals surface area contributed by atoms with Crippen LogP contribution in [0.25, 0.3) is 10.9 Å². The molecule has 0 aliphatic rings. The number of benzene rings is 2. The number of methoxy groups -OCH3 is 1. The van der Waals surface area contributed by atoms with Crippen molar-refractivity contribution in [3.63, 3.8) is 0 Å². The van der Waals surface area contributed by atoms with Crippen LogP contribution in [0.2, 0.25) is 0 Å². The summed E-state index contributed by atoms with van der Waals surface area (Å²) in [6.07, 6.45) is 5.56. The molecule has 0 bridgehead atoms. The van der Waals surface area contributed by atoms with Gasteiger partial charge in [-0.15, -0.1) is 18.3 Å². The van der Waals surface area contributed by atoms with E-state index in [0.29, 0.717) is 29.1 Å². The van der Waals surface area contributed by atoms with Crippen LogP contribution in [-0.2, 0) is 0 Å². The maximum Gasteiger partial charge on any atom is 0.255 e. The van der Waals surface area contributed by atoms with Gasteiger partial charge in [0.25, 0.3) is 5.91 Å². The van der Waals surface area contributed by atoms with Crippen molar-refractivity contribution in [2.45, 2.75) is 24.7 Å². The summed E-state index contributed by atoms with van der Waals surface area (Å²) >= 11 is 1.82. The Kier molecular flexibility index (Phi) is 7.74. The second kappa shape index (κ2) is 10.7. The van der Waals surface area contributed by atoms with Crippen molar-refractivity contribution in [3.8, 4) is 5.75 Å². The standard InChI is InChI=1S/C24H27N3O2S/c1-4-6-15-30-21-13-8-7-11-19(21)27-22-17-10-9-12-20(29-3)23(17)26-16-18(22)24(28)25-14-5-2/h5,7-13,16H,2,4,6,14-15H2,1,3H3,(H,25,28)(H,26,27). The van der Waals surface area contributed by atoms with Gasteiger partial charge in [0.15, 0.2) is 0 Å². The summed E-state index contributed by atoms with van der Waals surface area (Å²) in [4.78, 5) is 18.5. The van der Waals surface area contributed by atoms with E-state index in [0.717, 1.165) is 34.6 Å². The van der Waals surface area contributed by atoms with E-state index < -0.39 is 0 Å². The third kappa shape index (κ3) is 4.94. The van der Waals surface area contributed by atoms with Gasteiger partial charge in [0.1, 0.15) is 11.3 Å². The second-order valence-electron chi connectivity index (χ2n) is 6.73. The normalized spacial score (nSPS) is 10.6. The number of carbonyl (C=O) groups is 1. The van der Waals surface area contributed by atoms with E-state index in [2.05, 4.69) is 35.2 Å². The SMILES string of the molecule is C=CCNC(=O)c1cnc2c(OC)cccc2c1Nc1ccccc1SCCCC. The molecule has 6 heteroatoms. The molecule has 1 aromatic heterocycles. The molecular weight excluding hydrogens is 394 g/mol. The summed E-state index contributed by atoms with van der Waals surface area (Å²) < 4.78 is 5.48. The quantitative estimate of drug-likeness (QED) is 0.246. The van der Waals surface area contributed by atoms with Gasteiger partial charge in [-0.2, -0.15) is 0 Å². The largest absolute Gasteiger partial charge is 0.494 e. The maximum absolute atomic E-state index is 12.8. The van der Waals surface area contributed by atoms with Gasteiger partial charge in [-0.1, -0.05) is 43.7 Å². The van der Waals surface area contributed by atoms with Crippen molar-refractivity contribution in [2.75, 3.05) is 24.7 Å². The summed E-state index contributed by atoms with van der Waals surface area (Å²) in [6, 6.07) is 13.9. The molecule has 0 unspecified atom stereocenters. The molecule has 30 heavy (non-hydrogen) atoms. The number of thioether (sulfide) groups is 1. The van der Waals surface area contributed by atoms with Gasteiger partial charge < -0.3 is 15.4 Å². The number of para-hydroxylation sites is 2. The molecule has 0 aliphatic heterocycles. The molecule has 156 valence electrons. The average molecular weight is 422 g/mol. The zero-order chi connectivity index (χ0) is 21.3. The van der Waals surface area contributed by atoms with Crippen molar-refractivity contribution in [2.24, 2.45) is 0 Å². The van der Waals surface area contributed by atoms with Crippen molar-refractivity contribution in [1.82, 2.24) is 10.3 Å². The molecule has 1 heterocycles. The van der Waals surface area contributed by atoms with E-state index in [9.17, 15) is 4.79 Å². The Morgan fingerprint density at radius 1 is 1.23 bits per heavy atom. The number of amides is 1. The molecule has 0 saturated heterocycles. The first-order valence-electron chi connectivity index (χ1n) is 10.0. The molecule has 0 radical (unpaired) electrons. The minimum atomic E-state index is -0.203. The lowest BCUT2D eigenvalue weighted by molar-refractivity contribution is 0.0958. The monoisotopic (exact) mass is 421 g/mol.